The van der Waals surface area contributed by atoms with Gasteiger partial charge in [0, 0.05) is 32.2 Å². The van der Waals surface area contributed by atoms with Crippen LogP contribution in [0.15, 0.2) is 41.5 Å². The van der Waals surface area contributed by atoms with Crippen LogP contribution in [0.3, 0.4) is 0 Å². The van der Waals surface area contributed by atoms with Crippen LogP contribution in [0.25, 0.3) is 0 Å². The van der Waals surface area contributed by atoms with Crippen LogP contribution in [-0.2, 0) is 19.6 Å². The number of anilines is 1. The zero-order valence-electron chi connectivity index (χ0n) is 13.0. The van der Waals surface area contributed by atoms with E-state index in [4.69, 9.17) is 0 Å². The smallest absolute Gasteiger partial charge is 0.396 e. The highest BCUT2D eigenvalue weighted by Gasteiger charge is 2.29. The first-order valence-corrected chi connectivity index (χ1v) is 7.33. The minimum absolute atomic E-state index is 0.140. The fourth-order valence-electron chi connectivity index (χ4n) is 2.17. The summed E-state index contributed by atoms with van der Waals surface area (Å²) in [4.78, 5) is 15.5. The molecule has 0 aliphatic carbocycles. The zero-order valence-corrected chi connectivity index (χ0v) is 13.0. The van der Waals surface area contributed by atoms with E-state index in [1.807, 2.05) is 0 Å². The van der Waals surface area contributed by atoms with Gasteiger partial charge >= 0.3 is 6.18 Å². The highest BCUT2D eigenvalue weighted by molar-refractivity contribution is 5.32. The van der Waals surface area contributed by atoms with E-state index in [1.165, 1.54) is 29.1 Å². The van der Waals surface area contributed by atoms with Crippen molar-refractivity contribution in [2.24, 2.45) is 13.0 Å². The summed E-state index contributed by atoms with van der Waals surface area (Å²) in [7, 11) is 1.58. The minimum Gasteiger partial charge on any atom is -0.396 e. The summed E-state index contributed by atoms with van der Waals surface area (Å²) < 4.78 is 38.9. The van der Waals surface area contributed by atoms with Gasteiger partial charge in [-0.25, -0.2) is 4.98 Å². The van der Waals surface area contributed by atoms with Crippen molar-refractivity contribution in [2.45, 2.75) is 12.6 Å². The van der Waals surface area contributed by atoms with Crippen LogP contribution in [0.1, 0.15) is 11.1 Å². The number of nitrogens with one attached hydrogen (secondary N) is 1. The summed E-state index contributed by atoms with van der Waals surface area (Å²) in [6, 6.07) is 6.20. The predicted octanol–water partition coefficient (Wildman–Crippen LogP) is 2.06. The van der Waals surface area contributed by atoms with E-state index >= 15 is 0 Å². The van der Waals surface area contributed by atoms with E-state index in [-0.39, 0.29) is 18.1 Å². The Hall–Kier alpha value is -2.35. The van der Waals surface area contributed by atoms with Gasteiger partial charge in [0.05, 0.1) is 11.9 Å². The van der Waals surface area contributed by atoms with Crippen molar-refractivity contribution in [1.29, 1.82) is 0 Å². The molecule has 1 unspecified atom stereocenters. The fourth-order valence-corrected chi connectivity index (χ4v) is 2.17. The van der Waals surface area contributed by atoms with Gasteiger partial charge in [-0.15, -0.1) is 0 Å². The fraction of sp³-hybridized carbons (Fsp3) is 0.375. The van der Waals surface area contributed by atoms with E-state index < -0.39 is 11.7 Å². The van der Waals surface area contributed by atoms with E-state index in [1.54, 1.807) is 7.05 Å². The molecular weight excluding hydrogens is 323 g/mol. The molecule has 0 aliphatic rings. The number of alkyl halides is 3. The summed E-state index contributed by atoms with van der Waals surface area (Å²) in [5, 5.41) is 12.4. The number of aromatic nitrogens is 2. The number of hydrogen-bond acceptors (Lipinski definition) is 4. The van der Waals surface area contributed by atoms with Crippen molar-refractivity contribution in [2.75, 3.05) is 18.5 Å². The normalized spacial score (nSPS) is 12.9. The lowest BCUT2D eigenvalue weighted by molar-refractivity contribution is -0.137. The molecule has 0 saturated heterocycles. The summed E-state index contributed by atoms with van der Waals surface area (Å²) in [5.74, 6) is 0.177. The van der Waals surface area contributed by atoms with Crippen molar-refractivity contribution in [3.8, 4) is 0 Å². The first-order valence-electron chi connectivity index (χ1n) is 7.33. The molecule has 2 aromatic rings. The lowest BCUT2D eigenvalue weighted by atomic mass is 9.99. The summed E-state index contributed by atoms with van der Waals surface area (Å²) in [6.07, 6.45) is -2.57. The second-order valence-electron chi connectivity index (χ2n) is 5.55. The van der Waals surface area contributed by atoms with Crippen LogP contribution in [0, 0.1) is 5.92 Å². The zero-order chi connectivity index (χ0) is 17.7. The largest absolute Gasteiger partial charge is 0.416 e. The van der Waals surface area contributed by atoms with Gasteiger partial charge in [-0.2, -0.15) is 13.2 Å². The van der Waals surface area contributed by atoms with Gasteiger partial charge < -0.3 is 15.0 Å². The SMILES string of the molecule is Cn1cnc(NCC(CO)Cc2ccc(C(F)(F)F)cc2)cc1=O. The van der Waals surface area contributed by atoms with Gasteiger partial charge in [0.15, 0.2) is 0 Å². The number of halogens is 3. The molecule has 0 fully saturated rings. The Labute approximate surface area is 136 Å². The molecule has 130 valence electrons. The molecule has 0 spiro atoms. The summed E-state index contributed by atoms with van der Waals surface area (Å²) in [5.41, 5.74) is -0.217. The third kappa shape index (κ3) is 4.82. The number of benzene rings is 1. The van der Waals surface area contributed by atoms with E-state index in [2.05, 4.69) is 10.3 Å². The van der Waals surface area contributed by atoms with Crippen molar-refractivity contribution >= 4 is 5.82 Å². The molecule has 1 aromatic heterocycles. The van der Waals surface area contributed by atoms with Crippen LogP contribution in [-0.4, -0.2) is 27.8 Å². The van der Waals surface area contributed by atoms with Gasteiger partial charge in [0.25, 0.3) is 5.56 Å². The molecule has 8 heteroatoms. The Bertz CT molecular complexity index is 727. The molecule has 0 amide bonds. The second-order valence-corrected chi connectivity index (χ2v) is 5.55. The number of hydrogen-bond donors (Lipinski definition) is 2. The van der Waals surface area contributed by atoms with Gasteiger partial charge in [0.1, 0.15) is 5.82 Å². The highest BCUT2D eigenvalue weighted by Crippen LogP contribution is 2.29. The van der Waals surface area contributed by atoms with Gasteiger partial charge in [0.2, 0.25) is 0 Å². The molecule has 24 heavy (non-hydrogen) atoms. The lowest BCUT2D eigenvalue weighted by Crippen LogP contribution is -2.23. The van der Waals surface area contributed by atoms with Crippen molar-refractivity contribution in [3.05, 3.63) is 58.1 Å². The third-order valence-electron chi connectivity index (χ3n) is 3.61. The maximum absolute atomic E-state index is 12.5. The number of rotatable bonds is 6. The number of aliphatic hydroxyl groups excluding tert-OH is 1. The highest BCUT2D eigenvalue weighted by atomic mass is 19.4. The van der Waals surface area contributed by atoms with Gasteiger partial charge in [-0.1, -0.05) is 12.1 Å². The minimum atomic E-state index is -4.36. The molecule has 5 nitrogen and oxygen atoms in total. The first-order chi connectivity index (χ1) is 11.3. The average molecular weight is 341 g/mol. The average Bonchev–Trinajstić information content (AvgIpc) is 2.54. The van der Waals surface area contributed by atoms with E-state index in [9.17, 15) is 23.1 Å². The molecule has 0 aliphatic heterocycles. The van der Waals surface area contributed by atoms with E-state index in [0.29, 0.717) is 24.3 Å². The summed E-state index contributed by atoms with van der Waals surface area (Å²) >= 11 is 0. The second kappa shape index (κ2) is 7.48. The Balaban J connectivity index is 1.96. The van der Waals surface area contributed by atoms with Gasteiger partial charge in [-0.3, -0.25) is 4.79 Å². The number of aliphatic hydroxyl groups is 1. The molecule has 1 atom stereocenters. The van der Waals surface area contributed by atoms with Crippen LogP contribution >= 0.6 is 0 Å². The van der Waals surface area contributed by atoms with Crippen LogP contribution in [0.5, 0.6) is 0 Å². The van der Waals surface area contributed by atoms with Crippen LogP contribution < -0.4 is 10.9 Å². The molecule has 2 N–H and O–H groups in total. The van der Waals surface area contributed by atoms with Crippen LogP contribution in [0.2, 0.25) is 0 Å². The lowest BCUT2D eigenvalue weighted by Gasteiger charge is -2.16. The first kappa shape index (κ1) is 18.0. The Morgan fingerprint density at radius 2 is 1.96 bits per heavy atom. The molecular formula is C16H18F3N3O2. The topological polar surface area (TPSA) is 67.2 Å². The number of aryl methyl sites for hydroxylation is 1. The molecule has 1 heterocycles. The Morgan fingerprint density at radius 1 is 1.29 bits per heavy atom. The van der Waals surface area contributed by atoms with Crippen molar-refractivity contribution in [1.82, 2.24) is 9.55 Å². The Morgan fingerprint density at radius 3 is 2.50 bits per heavy atom. The maximum Gasteiger partial charge on any atom is 0.416 e. The van der Waals surface area contributed by atoms with Crippen LogP contribution in [0.4, 0.5) is 19.0 Å². The Kier molecular flexibility index (Phi) is 5.61. The maximum atomic E-state index is 12.5. The quantitative estimate of drug-likeness (QED) is 0.844. The van der Waals surface area contributed by atoms with Gasteiger partial charge in [-0.05, 0) is 24.1 Å². The molecule has 2 rings (SSSR count). The van der Waals surface area contributed by atoms with Crippen molar-refractivity contribution < 1.29 is 18.3 Å². The third-order valence-corrected chi connectivity index (χ3v) is 3.61. The monoisotopic (exact) mass is 341 g/mol. The molecule has 0 radical (unpaired) electrons. The number of nitrogens with zero attached hydrogens (tertiary/aromatic N) is 2. The van der Waals surface area contributed by atoms with Crippen molar-refractivity contribution in [3.63, 3.8) is 0 Å². The molecule has 0 saturated carbocycles. The molecule has 0 bridgehead atoms. The predicted molar refractivity (Wildman–Crippen MR) is 83.7 cm³/mol. The standard InChI is InChI=1S/C16H18F3N3O2/c1-22-10-21-14(7-15(22)24)20-8-12(9-23)6-11-2-4-13(5-3-11)16(17,18)19/h2-5,7,10,12,20,23H,6,8-9H2,1H3. The van der Waals surface area contributed by atoms with E-state index in [0.717, 1.165) is 12.1 Å². The summed E-state index contributed by atoms with van der Waals surface area (Å²) in [6.45, 7) is 0.205. The molecule has 1 aromatic carbocycles.